The van der Waals surface area contributed by atoms with E-state index >= 15 is 0 Å². The van der Waals surface area contributed by atoms with Crippen LogP contribution in [0.5, 0.6) is 0 Å². The Kier molecular flexibility index (Phi) is 4.43. The van der Waals surface area contributed by atoms with Gasteiger partial charge in [-0.2, -0.15) is 16.3 Å². The van der Waals surface area contributed by atoms with Crippen LogP contribution in [0.3, 0.4) is 0 Å². The Bertz CT molecular complexity index is 664. The maximum atomic E-state index is 5.36. The Labute approximate surface area is 128 Å². The summed E-state index contributed by atoms with van der Waals surface area (Å²) in [5.74, 6) is 1.33. The largest absolute Gasteiger partial charge is 0.338 e. The van der Waals surface area contributed by atoms with E-state index in [0.29, 0.717) is 18.3 Å². The second-order valence-corrected chi connectivity index (χ2v) is 5.59. The first-order valence-electron chi connectivity index (χ1n) is 6.96. The highest BCUT2D eigenvalue weighted by atomic mass is 32.1. The average molecular weight is 299 g/mol. The van der Waals surface area contributed by atoms with Crippen molar-refractivity contribution in [2.75, 3.05) is 6.54 Å². The normalized spacial score (nSPS) is 11.1. The fraction of sp³-hybridized carbons (Fsp3) is 0.250. The number of benzene rings is 1. The summed E-state index contributed by atoms with van der Waals surface area (Å²) >= 11 is 1.63. The lowest BCUT2D eigenvalue weighted by molar-refractivity contribution is 0.229. The Morgan fingerprint density at radius 1 is 1.14 bits per heavy atom. The zero-order valence-corrected chi connectivity index (χ0v) is 12.7. The molecule has 0 aliphatic heterocycles. The third-order valence-corrected chi connectivity index (χ3v) is 3.99. The molecule has 0 saturated carbocycles. The molecule has 0 N–H and O–H groups in total. The minimum absolute atomic E-state index is 0.661. The molecule has 1 aromatic carbocycles. The number of aromatic nitrogens is 2. The molecule has 0 atom stereocenters. The summed E-state index contributed by atoms with van der Waals surface area (Å²) in [6.45, 7) is 4.63. The molecule has 0 bridgehead atoms. The first-order chi connectivity index (χ1) is 10.3. The Morgan fingerprint density at radius 2 is 2.00 bits per heavy atom. The molecule has 2 heterocycles. The second-order valence-electron chi connectivity index (χ2n) is 4.81. The molecule has 0 spiro atoms. The SMILES string of the molecule is CCN(Cc1ccccc1)Cc1nc(-c2ccsc2)no1. The highest BCUT2D eigenvalue weighted by Gasteiger charge is 2.12. The van der Waals surface area contributed by atoms with Gasteiger partial charge in [-0.3, -0.25) is 4.90 Å². The van der Waals surface area contributed by atoms with E-state index in [1.54, 1.807) is 11.3 Å². The van der Waals surface area contributed by atoms with E-state index in [-0.39, 0.29) is 0 Å². The fourth-order valence-electron chi connectivity index (χ4n) is 2.14. The second kappa shape index (κ2) is 6.65. The molecule has 3 aromatic rings. The molecule has 2 aromatic heterocycles. The zero-order chi connectivity index (χ0) is 14.5. The van der Waals surface area contributed by atoms with Gasteiger partial charge in [-0.05, 0) is 23.6 Å². The lowest BCUT2D eigenvalue weighted by atomic mass is 10.2. The molecule has 0 saturated heterocycles. The molecule has 0 aliphatic carbocycles. The van der Waals surface area contributed by atoms with Crippen molar-refractivity contribution in [3.8, 4) is 11.4 Å². The van der Waals surface area contributed by atoms with Crippen molar-refractivity contribution in [2.45, 2.75) is 20.0 Å². The summed E-state index contributed by atoms with van der Waals surface area (Å²) < 4.78 is 5.36. The molecule has 108 valence electrons. The standard InChI is InChI=1S/C16H17N3OS/c1-2-19(10-13-6-4-3-5-7-13)11-15-17-16(18-20-15)14-8-9-21-12-14/h3-9,12H,2,10-11H2,1H3. The number of rotatable bonds is 6. The summed E-state index contributed by atoms with van der Waals surface area (Å²) in [7, 11) is 0. The van der Waals surface area contributed by atoms with Crippen LogP contribution in [-0.4, -0.2) is 21.6 Å². The van der Waals surface area contributed by atoms with Gasteiger partial charge in [0.25, 0.3) is 0 Å². The van der Waals surface area contributed by atoms with Gasteiger partial charge in [0.15, 0.2) is 0 Å². The average Bonchev–Trinajstić information content (AvgIpc) is 3.18. The third kappa shape index (κ3) is 3.56. The van der Waals surface area contributed by atoms with Crippen molar-refractivity contribution in [1.29, 1.82) is 0 Å². The Morgan fingerprint density at radius 3 is 2.71 bits per heavy atom. The molecule has 21 heavy (non-hydrogen) atoms. The van der Waals surface area contributed by atoms with Crippen LogP contribution in [-0.2, 0) is 13.1 Å². The summed E-state index contributed by atoms with van der Waals surface area (Å²) in [5, 5.41) is 8.08. The molecule has 3 rings (SSSR count). The van der Waals surface area contributed by atoms with Crippen LogP contribution in [0.25, 0.3) is 11.4 Å². The predicted molar refractivity (Wildman–Crippen MR) is 83.8 cm³/mol. The molecule has 0 fully saturated rings. The molecule has 0 amide bonds. The van der Waals surface area contributed by atoms with Crippen molar-refractivity contribution >= 4 is 11.3 Å². The number of hydrogen-bond acceptors (Lipinski definition) is 5. The lowest BCUT2D eigenvalue weighted by Gasteiger charge is -2.18. The molecule has 0 aliphatic rings. The Balaban J connectivity index is 1.67. The van der Waals surface area contributed by atoms with E-state index in [2.05, 4.69) is 46.2 Å². The molecule has 0 unspecified atom stereocenters. The van der Waals surface area contributed by atoms with Gasteiger partial charge in [0, 0.05) is 17.5 Å². The van der Waals surface area contributed by atoms with Gasteiger partial charge in [-0.1, -0.05) is 42.4 Å². The highest BCUT2D eigenvalue weighted by Crippen LogP contribution is 2.19. The van der Waals surface area contributed by atoms with E-state index in [9.17, 15) is 0 Å². The zero-order valence-electron chi connectivity index (χ0n) is 11.9. The van der Waals surface area contributed by atoms with Crippen LogP contribution in [0.1, 0.15) is 18.4 Å². The molecular weight excluding hydrogens is 282 g/mol. The van der Waals surface area contributed by atoms with Crippen molar-refractivity contribution in [1.82, 2.24) is 15.0 Å². The van der Waals surface area contributed by atoms with Crippen molar-refractivity contribution in [3.05, 3.63) is 58.6 Å². The molecule has 0 radical (unpaired) electrons. The fourth-order valence-corrected chi connectivity index (χ4v) is 2.77. The number of thiophene rings is 1. The molecule has 4 nitrogen and oxygen atoms in total. The topological polar surface area (TPSA) is 42.2 Å². The summed E-state index contributed by atoms with van der Waals surface area (Å²) in [5.41, 5.74) is 2.30. The van der Waals surface area contributed by atoms with E-state index in [1.807, 2.05) is 22.9 Å². The first kappa shape index (κ1) is 14.0. The van der Waals surface area contributed by atoms with E-state index < -0.39 is 0 Å². The van der Waals surface area contributed by atoms with Gasteiger partial charge in [0.1, 0.15) is 0 Å². The quantitative estimate of drug-likeness (QED) is 0.694. The number of hydrogen-bond donors (Lipinski definition) is 0. The van der Waals surface area contributed by atoms with E-state index in [1.165, 1.54) is 5.56 Å². The van der Waals surface area contributed by atoms with Crippen molar-refractivity contribution in [3.63, 3.8) is 0 Å². The smallest absolute Gasteiger partial charge is 0.241 e. The lowest BCUT2D eigenvalue weighted by Crippen LogP contribution is -2.22. The van der Waals surface area contributed by atoms with Gasteiger partial charge in [-0.25, -0.2) is 0 Å². The molecular formula is C16H17N3OS. The monoisotopic (exact) mass is 299 g/mol. The van der Waals surface area contributed by atoms with Gasteiger partial charge >= 0.3 is 0 Å². The van der Waals surface area contributed by atoms with Crippen LogP contribution in [0.2, 0.25) is 0 Å². The molecule has 5 heteroatoms. The minimum atomic E-state index is 0.661. The highest BCUT2D eigenvalue weighted by molar-refractivity contribution is 7.08. The Hall–Kier alpha value is -1.98. The van der Waals surface area contributed by atoms with Gasteiger partial charge < -0.3 is 4.52 Å². The maximum absolute atomic E-state index is 5.36. The predicted octanol–water partition coefficient (Wildman–Crippen LogP) is 3.82. The van der Waals surface area contributed by atoms with Gasteiger partial charge in [0.2, 0.25) is 11.7 Å². The van der Waals surface area contributed by atoms with Crippen LogP contribution < -0.4 is 0 Å². The van der Waals surface area contributed by atoms with Crippen molar-refractivity contribution < 1.29 is 4.52 Å². The third-order valence-electron chi connectivity index (χ3n) is 3.30. The van der Waals surface area contributed by atoms with Crippen LogP contribution in [0.15, 0.2) is 51.7 Å². The van der Waals surface area contributed by atoms with Crippen LogP contribution >= 0.6 is 11.3 Å². The number of nitrogens with zero attached hydrogens (tertiary/aromatic N) is 3. The summed E-state index contributed by atoms with van der Waals surface area (Å²) in [6.07, 6.45) is 0. The summed E-state index contributed by atoms with van der Waals surface area (Å²) in [6, 6.07) is 12.4. The van der Waals surface area contributed by atoms with E-state index in [0.717, 1.165) is 18.7 Å². The maximum Gasteiger partial charge on any atom is 0.241 e. The first-order valence-corrected chi connectivity index (χ1v) is 7.91. The van der Waals surface area contributed by atoms with Crippen LogP contribution in [0.4, 0.5) is 0 Å². The van der Waals surface area contributed by atoms with Crippen molar-refractivity contribution in [2.24, 2.45) is 0 Å². The van der Waals surface area contributed by atoms with Crippen LogP contribution in [0, 0.1) is 0 Å². The van der Waals surface area contributed by atoms with Gasteiger partial charge in [0.05, 0.1) is 6.54 Å². The van der Waals surface area contributed by atoms with Gasteiger partial charge in [-0.15, -0.1) is 0 Å². The summed E-state index contributed by atoms with van der Waals surface area (Å²) in [4.78, 5) is 6.75. The van der Waals surface area contributed by atoms with E-state index in [4.69, 9.17) is 4.52 Å². The minimum Gasteiger partial charge on any atom is -0.338 e.